The third kappa shape index (κ3) is 4.62. The lowest BCUT2D eigenvalue weighted by atomic mass is 10.1. The summed E-state index contributed by atoms with van der Waals surface area (Å²) in [5.74, 6) is 1.64. The maximum Gasteiger partial charge on any atom is 0.274 e. The molecule has 0 fully saturated rings. The zero-order chi connectivity index (χ0) is 25.2. The Hall–Kier alpha value is -4.32. The van der Waals surface area contributed by atoms with Gasteiger partial charge in [0, 0.05) is 24.5 Å². The van der Waals surface area contributed by atoms with Crippen LogP contribution in [0, 0.1) is 0 Å². The number of rotatable bonds is 7. The van der Waals surface area contributed by atoms with Gasteiger partial charge in [-0.25, -0.2) is 5.01 Å². The summed E-state index contributed by atoms with van der Waals surface area (Å²) in [5, 5.41) is 12.3. The minimum atomic E-state index is -0.500. The van der Waals surface area contributed by atoms with Crippen LogP contribution in [0.3, 0.4) is 0 Å². The Labute approximate surface area is 209 Å². The van der Waals surface area contributed by atoms with Crippen LogP contribution in [0.15, 0.2) is 40.0 Å². The first-order valence-electron chi connectivity index (χ1n) is 10.8. The largest absolute Gasteiger partial charge is 0.495 e. The highest BCUT2D eigenvalue weighted by Crippen LogP contribution is 2.36. The van der Waals surface area contributed by atoms with Crippen molar-refractivity contribution in [2.75, 3.05) is 32.9 Å². The molecule has 2 aliphatic heterocycles. The van der Waals surface area contributed by atoms with Gasteiger partial charge in [0.1, 0.15) is 23.8 Å². The van der Waals surface area contributed by atoms with Crippen molar-refractivity contribution in [1.29, 1.82) is 0 Å². The normalized spacial score (nSPS) is 14.5. The lowest BCUT2D eigenvalue weighted by Crippen LogP contribution is -2.38. The van der Waals surface area contributed by atoms with E-state index in [1.807, 2.05) is 0 Å². The molecular formula is C23H20ClN5O7. The molecule has 0 bridgehead atoms. The zero-order valence-electron chi connectivity index (χ0n) is 19.2. The molecule has 12 nitrogen and oxygen atoms in total. The first kappa shape index (κ1) is 23.4. The number of amides is 2. The summed E-state index contributed by atoms with van der Waals surface area (Å²) < 4.78 is 26.5. The molecule has 0 aliphatic carbocycles. The van der Waals surface area contributed by atoms with Gasteiger partial charge in [-0.2, -0.15) is 10.1 Å². The fraction of sp³-hybridized carbons (Fsp3) is 0.261. The second kappa shape index (κ2) is 9.74. The lowest BCUT2D eigenvalue weighted by molar-refractivity contribution is -0.135. The van der Waals surface area contributed by atoms with Crippen LogP contribution < -0.4 is 24.3 Å². The predicted molar refractivity (Wildman–Crippen MR) is 127 cm³/mol. The highest BCUT2D eigenvalue weighted by molar-refractivity contribution is 6.32. The van der Waals surface area contributed by atoms with Crippen LogP contribution in [0.4, 0.5) is 5.69 Å². The van der Waals surface area contributed by atoms with Gasteiger partial charge in [-0.1, -0.05) is 16.8 Å². The molecule has 0 unspecified atom stereocenters. The summed E-state index contributed by atoms with van der Waals surface area (Å²) in [6, 6.07) is 8.34. The molecule has 3 heterocycles. The number of anilines is 1. The van der Waals surface area contributed by atoms with Crippen LogP contribution in [0.1, 0.15) is 18.7 Å². The Morgan fingerprint density at radius 3 is 2.72 bits per heavy atom. The second-order valence-electron chi connectivity index (χ2n) is 7.72. The van der Waals surface area contributed by atoms with Gasteiger partial charge in [0.15, 0.2) is 11.5 Å². The zero-order valence-corrected chi connectivity index (χ0v) is 20.0. The van der Waals surface area contributed by atoms with Crippen molar-refractivity contribution in [1.82, 2.24) is 15.1 Å². The number of nitrogens with one attached hydrogen (secondary N) is 1. The third-order valence-electron chi connectivity index (χ3n) is 5.45. The molecule has 2 aliphatic rings. The van der Waals surface area contributed by atoms with Gasteiger partial charge in [0.2, 0.25) is 24.4 Å². The van der Waals surface area contributed by atoms with Crippen molar-refractivity contribution in [2.24, 2.45) is 5.10 Å². The number of hydrogen-bond donors (Lipinski definition) is 1. The SMILES string of the molecule is COc1cc(OC)c(NC(=O)CN2N=C(c3nc(-c4ccc5c(c4)OCO5)no3)CCC2=O)cc1Cl. The van der Waals surface area contributed by atoms with Crippen molar-refractivity contribution in [3.63, 3.8) is 0 Å². The maximum absolute atomic E-state index is 12.7. The van der Waals surface area contributed by atoms with E-state index in [1.54, 1.807) is 24.3 Å². The summed E-state index contributed by atoms with van der Waals surface area (Å²) in [4.78, 5) is 29.5. The maximum atomic E-state index is 12.7. The van der Waals surface area contributed by atoms with Gasteiger partial charge >= 0.3 is 0 Å². The van der Waals surface area contributed by atoms with E-state index in [1.165, 1.54) is 20.3 Å². The molecule has 36 heavy (non-hydrogen) atoms. The van der Waals surface area contributed by atoms with Crippen LogP contribution >= 0.6 is 11.6 Å². The van der Waals surface area contributed by atoms with Gasteiger partial charge in [-0.05, 0) is 24.3 Å². The summed E-state index contributed by atoms with van der Waals surface area (Å²) in [5.41, 5.74) is 1.39. The summed E-state index contributed by atoms with van der Waals surface area (Å²) in [6.45, 7) is -0.179. The number of benzene rings is 2. The standard InChI is InChI=1S/C23H20ClN5O7/c1-32-17-9-18(33-2)15(8-13(17)24)25-20(30)10-29-21(31)6-4-14(27-29)23-26-22(28-36-23)12-3-5-16-19(7-12)35-11-34-16/h3,5,7-9H,4,6,10-11H2,1-2H3,(H,25,30). The molecule has 0 radical (unpaired) electrons. The van der Waals surface area contributed by atoms with E-state index in [2.05, 4.69) is 20.6 Å². The van der Waals surface area contributed by atoms with E-state index in [0.717, 1.165) is 5.01 Å². The molecule has 0 atom stereocenters. The van der Waals surface area contributed by atoms with Crippen LogP contribution in [0.25, 0.3) is 11.4 Å². The van der Waals surface area contributed by atoms with Crippen LogP contribution in [0.5, 0.6) is 23.0 Å². The number of halogens is 1. The van der Waals surface area contributed by atoms with E-state index in [0.29, 0.717) is 52.2 Å². The molecule has 1 aromatic heterocycles. The molecule has 2 aromatic carbocycles. The summed E-state index contributed by atoms with van der Waals surface area (Å²) >= 11 is 6.16. The predicted octanol–water partition coefficient (Wildman–Crippen LogP) is 3.10. The highest BCUT2D eigenvalue weighted by Gasteiger charge is 2.27. The minimum absolute atomic E-state index is 0.130. The van der Waals surface area contributed by atoms with Crippen LogP contribution in [-0.2, 0) is 9.59 Å². The van der Waals surface area contributed by atoms with Gasteiger partial charge in [0.25, 0.3) is 5.89 Å². The monoisotopic (exact) mass is 513 g/mol. The number of aromatic nitrogens is 2. The summed E-state index contributed by atoms with van der Waals surface area (Å²) in [6.07, 6.45) is 0.424. The van der Waals surface area contributed by atoms with E-state index in [4.69, 9.17) is 35.1 Å². The molecule has 2 amide bonds. The third-order valence-corrected chi connectivity index (χ3v) is 5.75. The molecule has 0 spiro atoms. The molecule has 3 aromatic rings. The number of carbonyl (C=O) groups excluding carboxylic acids is 2. The fourth-order valence-electron chi connectivity index (χ4n) is 3.66. The fourth-order valence-corrected chi connectivity index (χ4v) is 3.90. The van der Waals surface area contributed by atoms with E-state index in [-0.39, 0.29) is 36.6 Å². The molecule has 0 saturated heterocycles. The number of hydrazone groups is 1. The Morgan fingerprint density at radius 1 is 1.11 bits per heavy atom. The van der Waals surface area contributed by atoms with Gasteiger partial charge < -0.3 is 28.8 Å². The molecule has 1 N–H and O–H groups in total. The quantitative estimate of drug-likeness (QED) is 0.505. The number of fused-ring (bicyclic) bond motifs is 1. The molecule has 13 heteroatoms. The van der Waals surface area contributed by atoms with E-state index in [9.17, 15) is 9.59 Å². The van der Waals surface area contributed by atoms with E-state index < -0.39 is 5.91 Å². The number of carbonyl (C=O) groups is 2. The van der Waals surface area contributed by atoms with Crippen molar-refractivity contribution in [3.05, 3.63) is 41.2 Å². The van der Waals surface area contributed by atoms with Crippen LogP contribution in [0.2, 0.25) is 5.02 Å². The van der Waals surface area contributed by atoms with E-state index >= 15 is 0 Å². The van der Waals surface area contributed by atoms with Crippen LogP contribution in [-0.4, -0.2) is 60.2 Å². The van der Waals surface area contributed by atoms with Gasteiger partial charge in [0.05, 0.1) is 24.9 Å². The topological polar surface area (TPSA) is 138 Å². The highest BCUT2D eigenvalue weighted by atomic mass is 35.5. The Morgan fingerprint density at radius 2 is 1.92 bits per heavy atom. The Kier molecular flexibility index (Phi) is 6.34. The van der Waals surface area contributed by atoms with Gasteiger partial charge in [-0.15, -0.1) is 0 Å². The molecule has 186 valence electrons. The average Bonchev–Trinajstić information content (AvgIpc) is 3.55. The second-order valence-corrected chi connectivity index (χ2v) is 8.13. The Balaban J connectivity index is 1.31. The van der Waals surface area contributed by atoms with Gasteiger partial charge in [-0.3, -0.25) is 9.59 Å². The molecular weight excluding hydrogens is 494 g/mol. The van der Waals surface area contributed by atoms with Crippen molar-refractivity contribution in [2.45, 2.75) is 12.8 Å². The molecule has 0 saturated carbocycles. The first-order chi connectivity index (χ1) is 17.4. The number of ether oxygens (including phenoxy) is 4. The smallest absolute Gasteiger partial charge is 0.274 e. The average molecular weight is 514 g/mol. The number of nitrogens with zero attached hydrogens (tertiary/aromatic N) is 4. The summed E-state index contributed by atoms with van der Waals surface area (Å²) in [7, 11) is 2.92. The first-order valence-corrected chi connectivity index (χ1v) is 11.2. The van der Waals surface area contributed by atoms with Crippen molar-refractivity contribution < 1.29 is 33.1 Å². The number of methoxy groups -OCH3 is 2. The van der Waals surface area contributed by atoms with Crippen molar-refractivity contribution >= 4 is 34.8 Å². The Bertz CT molecular complexity index is 1370. The minimum Gasteiger partial charge on any atom is -0.495 e. The number of hydrogen-bond acceptors (Lipinski definition) is 10. The van der Waals surface area contributed by atoms with Crippen molar-refractivity contribution in [3.8, 4) is 34.4 Å². The molecule has 5 rings (SSSR count). The lowest BCUT2D eigenvalue weighted by Gasteiger charge is -2.22.